The van der Waals surface area contributed by atoms with Gasteiger partial charge in [0.25, 0.3) is 0 Å². The van der Waals surface area contributed by atoms with Crippen LogP contribution < -0.4 is 10.1 Å². The van der Waals surface area contributed by atoms with Crippen molar-refractivity contribution in [3.63, 3.8) is 0 Å². The van der Waals surface area contributed by atoms with Crippen LogP contribution in [0.3, 0.4) is 0 Å². The Hall–Kier alpha value is -1.74. The molecule has 0 aliphatic heterocycles. The van der Waals surface area contributed by atoms with E-state index in [9.17, 15) is 0 Å². The molecule has 0 bridgehead atoms. The molecule has 0 saturated carbocycles. The lowest BCUT2D eigenvalue weighted by Gasteiger charge is -2.20. The van der Waals surface area contributed by atoms with Gasteiger partial charge in [-0.25, -0.2) is 4.98 Å². The molecule has 0 aliphatic carbocycles. The molecule has 1 aromatic heterocycles. The van der Waals surface area contributed by atoms with Crippen LogP contribution in [0.1, 0.15) is 30.6 Å². The maximum atomic E-state index is 5.88. The van der Waals surface area contributed by atoms with Crippen molar-refractivity contribution >= 4 is 17.3 Å². The quantitative estimate of drug-likeness (QED) is 0.816. The van der Waals surface area contributed by atoms with Gasteiger partial charge >= 0.3 is 0 Å². The molecular weight excluding hydrogens is 272 g/mol. The molecule has 0 radical (unpaired) electrons. The summed E-state index contributed by atoms with van der Waals surface area (Å²) in [5.74, 6) is 0.868. The third-order valence-electron chi connectivity index (χ3n) is 3.31. The lowest BCUT2D eigenvalue weighted by molar-refractivity contribution is 0.414. The standard InChI is InChI=1S/C16H19ClN2O/c1-4-14(12-5-7-13(20-3)8-6-12)19-15-9-10-16(17)18-11(15)2/h5-10,14,19H,4H2,1-3H3. The summed E-state index contributed by atoms with van der Waals surface area (Å²) in [6, 6.07) is 12.1. The number of nitrogens with zero attached hydrogens (tertiary/aromatic N) is 1. The molecular formula is C16H19ClN2O. The van der Waals surface area contributed by atoms with Gasteiger partial charge in [0, 0.05) is 0 Å². The number of methoxy groups -OCH3 is 1. The maximum Gasteiger partial charge on any atom is 0.129 e. The van der Waals surface area contributed by atoms with Crippen LogP contribution in [0.15, 0.2) is 36.4 Å². The van der Waals surface area contributed by atoms with Crippen molar-refractivity contribution in [2.75, 3.05) is 12.4 Å². The molecule has 2 rings (SSSR count). The lowest BCUT2D eigenvalue weighted by Crippen LogP contribution is -2.11. The SMILES string of the molecule is CCC(Nc1ccc(Cl)nc1C)c1ccc(OC)cc1. The van der Waals surface area contributed by atoms with Gasteiger partial charge in [-0.3, -0.25) is 0 Å². The molecule has 0 amide bonds. The number of benzene rings is 1. The molecule has 4 heteroatoms. The zero-order valence-corrected chi connectivity index (χ0v) is 12.7. The molecule has 2 aromatic rings. The van der Waals surface area contributed by atoms with E-state index in [1.165, 1.54) is 5.56 Å². The Morgan fingerprint density at radius 3 is 2.45 bits per heavy atom. The zero-order valence-electron chi connectivity index (χ0n) is 12.0. The monoisotopic (exact) mass is 290 g/mol. The van der Waals surface area contributed by atoms with Crippen molar-refractivity contribution in [1.29, 1.82) is 0 Å². The smallest absolute Gasteiger partial charge is 0.129 e. The van der Waals surface area contributed by atoms with E-state index >= 15 is 0 Å². The highest BCUT2D eigenvalue weighted by Crippen LogP contribution is 2.26. The number of anilines is 1. The molecule has 1 unspecified atom stereocenters. The average molecular weight is 291 g/mol. The molecule has 106 valence electrons. The molecule has 0 aliphatic rings. The van der Waals surface area contributed by atoms with Crippen LogP contribution in [0.25, 0.3) is 0 Å². The highest BCUT2D eigenvalue weighted by Gasteiger charge is 2.11. The summed E-state index contributed by atoms with van der Waals surface area (Å²) in [4.78, 5) is 4.26. The number of hydrogen-bond acceptors (Lipinski definition) is 3. The maximum absolute atomic E-state index is 5.88. The van der Waals surface area contributed by atoms with Crippen LogP contribution in [0.4, 0.5) is 5.69 Å². The normalized spacial score (nSPS) is 12.0. The van der Waals surface area contributed by atoms with Crippen molar-refractivity contribution < 1.29 is 4.74 Å². The number of aromatic nitrogens is 1. The molecule has 1 aromatic carbocycles. The summed E-state index contributed by atoms with van der Waals surface area (Å²) >= 11 is 5.88. The number of hydrogen-bond donors (Lipinski definition) is 1. The third-order valence-corrected chi connectivity index (χ3v) is 3.52. The van der Waals surface area contributed by atoms with Crippen LogP contribution in [0.2, 0.25) is 5.15 Å². The average Bonchev–Trinajstić information content (AvgIpc) is 2.47. The molecule has 1 atom stereocenters. The minimum absolute atomic E-state index is 0.239. The van der Waals surface area contributed by atoms with E-state index in [2.05, 4.69) is 29.4 Å². The Balaban J connectivity index is 2.19. The summed E-state index contributed by atoms with van der Waals surface area (Å²) in [6.07, 6.45) is 0.981. The van der Waals surface area contributed by atoms with E-state index in [4.69, 9.17) is 16.3 Å². The number of ether oxygens (including phenoxy) is 1. The molecule has 1 heterocycles. The fraction of sp³-hybridized carbons (Fsp3) is 0.312. The third kappa shape index (κ3) is 3.42. The fourth-order valence-electron chi connectivity index (χ4n) is 2.13. The first kappa shape index (κ1) is 14.7. The minimum Gasteiger partial charge on any atom is -0.497 e. The number of halogens is 1. The summed E-state index contributed by atoms with van der Waals surface area (Å²) in [6.45, 7) is 4.11. The number of aryl methyl sites for hydroxylation is 1. The van der Waals surface area contributed by atoms with Gasteiger partial charge in [0.15, 0.2) is 0 Å². The van der Waals surface area contributed by atoms with Gasteiger partial charge in [0.1, 0.15) is 10.9 Å². The van der Waals surface area contributed by atoms with Gasteiger partial charge in [0.05, 0.1) is 24.5 Å². The molecule has 20 heavy (non-hydrogen) atoms. The van der Waals surface area contributed by atoms with Gasteiger partial charge in [-0.1, -0.05) is 30.7 Å². The Morgan fingerprint density at radius 1 is 1.20 bits per heavy atom. The fourth-order valence-corrected chi connectivity index (χ4v) is 2.32. The molecule has 0 fully saturated rings. The van der Waals surface area contributed by atoms with E-state index in [-0.39, 0.29) is 6.04 Å². The molecule has 3 nitrogen and oxygen atoms in total. The second-order valence-electron chi connectivity index (χ2n) is 4.65. The van der Waals surface area contributed by atoms with Gasteiger partial charge in [-0.15, -0.1) is 0 Å². The van der Waals surface area contributed by atoms with Crippen LogP contribution in [0, 0.1) is 6.92 Å². The minimum atomic E-state index is 0.239. The van der Waals surface area contributed by atoms with Crippen molar-refractivity contribution in [3.05, 3.63) is 52.8 Å². The topological polar surface area (TPSA) is 34.2 Å². The molecule has 0 spiro atoms. The summed E-state index contributed by atoms with van der Waals surface area (Å²) in [5, 5.41) is 4.04. The Labute approximate surface area is 124 Å². The van der Waals surface area contributed by atoms with Crippen molar-refractivity contribution in [1.82, 2.24) is 4.98 Å². The highest BCUT2D eigenvalue weighted by molar-refractivity contribution is 6.29. The van der Waals surface area contributed by atoms with E-state index in [1.807, 2.05) is 25.1 Å². The molecule has 1 N–H and O–H groups in total. The Bertz CT molecular complexity index is 569. The van der Waals surface area contributed by atoms with E-state index in [0.29, 0.717) is 5.15 Å². The number of rotatable bonds is 5. The van der Waals surface area contributed by atoms with E-state index in [0.717, 1.165) is 23.6 Å². The van der Waals surface area contributed by atoms with Gasteiger partial charge < -0.3 is 10.1 Å². The Morgan fingerprint density at radius 2 is 1.90 bits per heavy atom. The van der Waals surface area contributed by atoms with Gasteiger partial charge in [-0.05, 0) is 43.2 Å². The first-order valence-corrected chi connectivity index (χ1v) is 7.05. The van der Waals surface area contributed by atoms with Crippen LogP contribution in [0.5, 0.6) is 5.75 Å². The van der Waals surface area contributed by atoms with Crippen LogP contribution in [-0.2, 0) is 0 Å². The lowest BCUT2D eigenvalue weighted by atomic mass is 10.0. The zero-order chi connectivity index (χ0) is 14.5. The van der Waals surface area contributed by atoms with E-state index < -0.39 is 0 Å². The Kier molecular flexibility index (Phi) is 4.85. The predicted octanol–water partition coefficient (Wildman–Crippen LogP) is 4.62. The van der Waals surface area contributed by atoms with Crippen LogP contribution >= 0.6 is 11.6 Å². The summed E-state index contributed by atoms with van der Waals surface area (Å²) < 4.78 is 5.19. The second kappa shape index (κ2) is 6.62. The van der Waals surface area contributed by atoms with Gasteiger partial charge in [-0.2, -0.15) is 0 Å². The first-order valence-electron chi connectivity index (χ1n) is 6.67. The first-order chi connectivity index (χ1) is 9.63. The van der Waals surface area contributed by atoms with Gasteiger partial charge in [0.2, 0.25) is 0 Å². The predicted molar refractivity (Wildman–Crippen MR) is 83.6 cm³/mol. The second-order valence-corrected chi connectivity index (χ2v) is 5.03. The molecule has 0 saturated heterocycles. The van der Waals surface area contributed by atoms with E-state index in [1.54, 1.807) is 13.2 Å². The van der Waals surface area contributed by atoms with Crippen molar-refractivity contribution in [3.8, 4) is 5.75 Å². The van der Waals surface area contributed by atoms with Crippen molar-refractivity contribution in [2.24, 2.45) is 0 Å². The number of nitrogens with one attached hydrogen (secondary N) is 1. The number of pyridine rings is 1. The summed E-state index contributed by atoms with van der Waals surface area (Å²) in [7, 11) is 1.67. The van der Waals surface area contributed by atoms with Crippen LogP contribution in [-0.4, -0.2) is 12.1 Å². The summed E-state index contributed by atoms with van der Waals surface area (Å²) in [5.41, 5.74) is 3.14. The largest absolute Gasteiger partial charge is 0.497 e. The van der Waals surface area contributed by atoms with Crippen molar-refractivity contribution in [2.45, 2.75) is 26.3 Å². The highest BCUT2D eigenvalue weighted by atomic mass is 35.5.